The van der Waals surface area contributed by atoms with Crippen LogP contribution in [-0.2, 0) is 0 Å². The Morgan fingerprint density at radius 1 is 0.326 bits per heavy atom. The molecule has 0 saturated carbocycles. The van der Waals surface area contributed by atoms with Crippen LogP contribution in [0.4, 0.5) is 33.4 Å². The summed E-state index contributed by atoms with van der Waals surface area (Å²) in [7, 11) is 0. The number of hydrogen-bond acceptors (Lipinski definition) is 3. The molecule has 2 nitrogen and oxygen atoms in total. The highest BCUT2D eigenvalue weighted by atomic mass is 32.1. The molecule has 0 N–H and O–H groups in total. The standard InChI is InChI=1S/C40H30N2S/c1-7-19-31(20-8-1)37-38(41(33-23-11-3-12-24-33)34-25-13-4-14-26-34)39(32-21-9-2-10-22-32)43-40(37)42(35-27-15-5-16-28-35)36-29-17-6-18-30-36/h1-30H. The zero-order valence-electron chi connectivity index (χ0n) is 23.6. The van der Waals surface area contributed by atoms with Gasteiger partial charge >= 0.3 is 0 Å². The molecule has 0 saturated heterocycles. The van der Waals surface area contributed by atoms with Crippen LogP contribution in [0.5, 0.6) is 0 Å². The monoisotopic (exact) mass is 570 g/mol. The first kappa shape index (κ1) is 26.5. The zero-order chi connectivity index (χ0) is 28.8. The second-order valence-electron chi connectivity index (χ2n) is 10.2. The van der Waals surface area contributed by atoms with E-state index < -0.39 is 0 Å². The van der Waals surface area contributed by atoms with Crippen LogP contribution in [0.2, 0.25) is 0 Å². The van der Waals surface area contributed by atoms with Crippen molar-refractivity contribution in [2.45, 2.75) is 0 Å². The number of para-hydroxylation sites is 4. The Kier molecular flexibility index (Phi) is 7.55. The largest absolute Gasteiger partial charge is 0.308 e. The fourth-order valence-electron chi connectivity index (χ4n) is 5.53. The van der Waals surface area contributed by atoms with Gasteiger partial charge in [0.05, 0.1) is 10.6 Å². The number of thiophene rings is 1. The molecular weight excluding hydrogens is 541 g/mol. The lowest BCUT2D eigenvalue weighted by Crippen LogP contribution is -2.13. The second kappa shape index (κ2) is 12.2. The molecule has 3 heteroatoms. The van der Waals surface area contributed by atoms with Gasteiger partial charge in [-0.25, -0.2) is 0 Å². The Labute approximate surface area is 257 Å². The minimum absolute atomic E-state index is 1.11. The summed E-state index contributed by atoms with van der Waals surface area (Å²) in [5.74, 6) is 0. The van der Waals surface area contributed by atoms with Crippen LogP contribution in [0.3, 0.4) is 0 Å². The first-order chi connectivity index (χ1) is 21.4. The average molecular weight is 571 g/mol. The van der Waals surface area contributed by atoms with E-state index in [0.29, 0.717) is 0 Å². The lowest BCUT2D eigenvalue weighted by atomic mass is 10.0. The smallest absolute Gasteiger partial charge is 0.111 e. The van der Waals surface area contributed by atoms with E-state index in [-0.39, 0.29) is 0 Å². The van der Waals surface area contributed by atoms with Crippen molar-refractivity contribution in [2.75, 3.05) is 9.80 Å². The molecule has 6 aromatic carbocycles. The first-order valence-electron chi connectivity index (χ1n) is 14.5. The molecule has 0 unspecified atom stereocenters. The van der Waals surface area contributed by atoms with Crippen molar-refractivity contribution in [1.82, 2.24) is 0 Å². The topological polar surface area (TPSA) is 6.48 Å². The third-order valence-electron chi connectivity index (χ3n) is 7.45. The van der Waals surface area contributed by atoms with Crippen molar-refractivity contribution < 1.29 is 0 Å². The molecule has 0 aliphatic heterocycles. The molecule has 7 aromatic rings. The van der Waals surface area contributed by atoms with Crippen molar-refractivity contribution in [1.29, 1.82) is 0 Å². The van der Waals surface area contributed by atoms with Gasteiger partial charge in [-0.15, -0.1) is 11.3 Å². The van der Waals surface area contributed by atoms with Gasteiger partial charge in [0.25, 0.3) is 0 Å². The SMILES string of the molecule is c1ccc(-c2sc(N(c3ccccc3)c3ccccc3)c(-c3ccccc3)c2N(c2ccccc2)c2ccccc2)cc1. The number of hydrogen-bond donors (Lipinski definition) is 0. The molecule has 0 aliphatic carbocycles. The van der Waals surface area contributed by atoms with Gasteiger partial charge in [0.15, 0.2) is 0 Å². The van der Waals surface area contributed by atoms with Crippen LogP contribution in [0.1, 0.15) is 0 Å². The molecule has 0 spiro atoms. The number of anilines is 6. The molecule has 0 radical (unpaired) electrons. The Bertz CT molecular complexity index is 1810. The van der Waals surface area contributed by atoms with Crippen LogP contribution in [-0.4, -0.2) is 0 Å². The number of benzene rings is 6. The summed E-state index contributed by atoms with van der Waals surface area (Å²) < 4.78 is 0. The lowest BCUT2D eigenvalue weighted by molar-refractivity contribution is 1.28. The van der Waals surface area contributed by atoms with Crippen LogP contribution < -0.4 is 9.80 Å². The summed E-state index contributed by atoms with van der Waals surface area (Å²) in [5, 5.41) is 1.16. The molecule has 7 rings (SSSR count). The van der Waals surface area contributed by atoms with Gasteiger partial charge in [-0.2, -0.15) is 0 Å². The van der Waals surface area contributed by atoms with E-state index in [1.165, 1.54) is 21.6 Å². The quantitative estimate of drug-likeness (QED) is 0.179. The summed E-state index contributed by atoms with van der Waals surface area (Å²) in [6.07, 6.45) is 0. The highest BCUT2D eigenvalue weighted by Gasteiger charge is 2.30. The summed E-state index contributed by atoms with van der Waals surface area (Å²) in [5.41, 5.74) is 9.14. The maximum absolute atomic E-state index is 2.42. The molecular formula is C40H30N2S. The van der Waals surface area contributed by atoms with Crippen LogP contribution in [0.25, 0.3) is 21.6 Å². The maximum Gasteiger partial charge on any atom is 0.111 e. The summed E-state index contributed by atoms with van der Waals surface area (Å²) in [6, 6.07) is 64.3. The van der Waals surface area contributed by atoms with E-state index in [1.54, 1.807) is 0 Å². The Hall–Kier alpha value is -5.38. The third-order valence-corrected chi connectivity index (χ3v) is 8.66. The van der Waals surface area contributed by atoms with E-state index in [4.69, 9.17) is 0 Å². The fourth-order valence-corrected chi connectivity index (χ4v) is 6.89. The molecule has 206 valence electrons. The highest BCUT2D eigenvalue weighted by Crippen LogP contribution is 2.58. The van der Waals surface area contributed by atoms with Gasteiger partial charge in [-0.05, 0) is 59.7 Å². The van der Waals surface area contributed by atoms with Gasteiger partial charge in [-0.3, -0.25) is 0 Å². The normalized spacial score (nSPS) is 10.8. The molecule has 1 aromatic heterocycles. The third kappa shape index (κ3) is 5.34. The van der Waals surface area contributed by atoms with E-state index in [9.17, 15) is 0 Å². The molecule has 0 atom stereocenters. The fraction of sp³-hybridized carbons (Fsp3) is 0. The van der Waals surface area contributed by atoms with E-state index in [1.807, 2.05) is 11.3 Å². The Balaban J connectivity index is 1.62. The Morgan fingerprint density at radius 3 is 1.05 bits per heavy atom. The predicted molar refractivity (Wildman–Crippen MR) is 185 cm³/mol. The average Bonchev–Trinajstić information content (AvgIpc) is 3.47. The van der Waals surface area contributed by atoms with Crippen molar-refractivity contribution in [2.24, 2.45) is 0 Å². The van der Waals surface area contributed by atoms with E-state index >= 15 is 0 Å². The second-order valence-corrected chi connectivity index (χ2v) is 11.2. The number of nitrogens with zero attached hydrogens (tertiary/aromatic N) is 2. The first-order valence-corrected chi connectivity index (χ1v) is 15.3. The maximum atomic E-state index is 2.42. The minimum atomic E-state index is 1.11. The van der Waals surface area contributed by atoms with E-state index in [0.717, 1.165) is 33.4 Å². The van der Waals surface area contributed by atoms with Gasteiger partial charge in [0.2, 0.25) is 0 Å². The summed E-state index contributed by atoms with van der Waals surface area (Å²) in [6.45, 7) is 0. The summed E-state index contributed by atoms with van der Waals surface area (Å²) in [4.78, 5) is 6.02. The van der Waals surface area contributed by atoms with Gasteiger partial charge in [0, 0.05) is 28.3 Å². The molecule has 0 aliphatic rings. The predicted octanol–water partition coefficient (Wildman–Crippen LogP) is 12.0. The van der Waals surface area contributed by atoms with Crippen molar-refractivity contribution >= 4 is 44.8 Å². The minimum Gasteiger partial charge on any atom is -0.308 e. The Morgan fingerprint density at radius 2 is 0.651 bits per heavy atom. The molecule has 0 bridgehead atoms. The van der Waals surface area contributed by atoms with E-state index in [2.05, 4.69) is 192 Å². The molecule has 1 heterocycles. The molecule has 0 fully saturated rings. The van der Waals surface area contributed by atoms with Crippen molar-refractivity contribution in [3.63, 3.8) is 0 Å². The van der Waals surface area contributed by atoms with Crippen LogP contribution in [0.15, 0.2) is 182 Å². The lowest BCUT2D eigenvalue weighted by Gasteiger charge is -2.29. The van der Waals surface area contributed by atoms with Gasteiger partial charge < -0.3 is 9.80 Å². The van der Waals surface area contributed by atoms with Crippen LogP contribution >= 0.6 is 11.3 Å². The van der Waals surface area contributed by atoms with Crippen LogP contribution in [0, 0.1) is 0 Å². The summed E-state index contributed by atoms with van der Waals surface area (Å²) >= 11 is 1.83. The van der Waals surface area contributed by atoms with Gasteiger partial charge in [-0.1, -0.05) is 133 Å². The highest BCUT2D eigenvalue weighted by molar-refractivity contribution is 7.21. The van der Waals surface area contributed by atoms with Crippen molar-refractivity contribution in [3.05, 3.63) is 182 Å². The molecule has 43 heavy (non-hydrogen) atoms. The van der Waals surface area contributed by atoms with Crippen molar-refractivity contribution in [3.8, 4) is 21.6 Å². The zero-order valence-corrected chi connectivity index (χ0v) is 24.4. The molecule has 0 amide bonds. The van der Waals surface area contributed by atoms with Gasteiger partial charge in [0.1, 0.15) is 5.00 Å². The number of rotatable bonds is 8.